The summed E-state index contributed by atoms with van der Waals surface area (Å²) in [5.41, 5.74) is 0. The monoisotopic (exact) mass is 185 g/mol. The maximum absolute atomic E-state index is 11.6. The van der Waals surface area contributed by atoms with Crippen LogP contribution in [0.1, 0.15) is 39.0 Å². The summed E-state index contributed by atoms with van der Waals surface area (Å²) in [5.74, 6) is 0.346. The quantitative estimate of drug-likeness (QED) is 0.688. The highest BCUT2D eigenvalue weighted by molar-refractivity contribution is 5.79. The molecule has 0 aromatic rings. The van der Waals surface area contributed by atoms with E-state index in [4.69, 9.17) is 5.11 Å². The van der Waals surface area contributed by atoms with Gasteiger partial charge in [0.05, 0.1) is 12.6 Å². The van der Waals surface area contributed by atoms with E-state index < -0.39 is 0 Å². The van der Waals surface area contributed by atoms with Crippen LogP contribution in [0.25, 0.3) is 0 Å². The van der Waals surface area contributed by atoms with Gasteiger partial charge in [0.2, 0.25) is 5.91 Å². The fourth-order valence-corrected chi connectivity index (χ4v) is 1.78. The zero-order chi connectivity index (χ0) is 9.68. The van der Waals surface area contributed by atoms with Crippen LogP contribution in [0.2, 0.25) is 0 Å². The summed E-state index contributed by atoms with van der Waals surface area (Å²) in [6.45, 7) is 2.02. The fraction of sp³-hybridized carbons (Fsp3) is 0.900. The third-order valence-corrected chi connectivity index (χ3v) is 2.79. The molecule has 0 unspecified atom stereocenters. The van der Waals surface area contributed by atoms with Crippen LogP contribution in [0.4, 0.5) is 0 Å². The van der Waals surface area contributed by atoms with Gasteiger partial charge in [-0.1, -0.05) is 19.8 Å². The van der Waals surface area contributed by atoms with Crippen molar-refractivity contribution in [3.63, 3.8) is 0 Å². The lowest BCUT2D eigenvalue weighted by Crippen LogP contribution is -2.39. The number of hydrogen-bond donors (Lipinski definition) is 2. The Labute approximate surface area is 79.5 Å². The lowest BCUT2D eigenvalue weighted by atomic mass is 10.1. The zero-order valence-corrected chi connectivity index (χ0v) is 8.25. The summed E-state index contributed by atoms with van der Waals surface area (Å²) >= 11 is 0. The highest BCUT2D eigenvalue weighted by Crippen LogP contribution is 2.24. The number of carbonyl (C=O) groups is 1. The van der Waals surface area contributed by atoms with Crippen LogP contribution in [-0.4, -0.2) is 23.7 Å². The van der Waals surface area contributed by atoms with Gasteiger partial charge >= 0.3 is 0 Å². The summed E-state index contributed by atoms with van der Waals surface area (Å²) in [5, 5.41) is 11.8. The second-order valence-electron chi connectivity index (χ2n) is 3.78. The van der Waals surface area contributed by atoms with Gasteiger partial charge in [0, 0.05) is 5.92 Å². The van der Waals surface area contributed by atoms with Crippen LogP contribution in [0, 0.1) is 5.92 Å². The topological polar surface area (TPSA) is 49.3 Å². The standard InChI is InChI=1S/C10H19NO2/c1-2-9(7-12)11-10(13)8-5-3-4-6-8/h8-9,12H,2-7H2,1H3,(H,11,13)/t9-/m0/s1. The minimum Gasteiger partial charge on any atom is -0.394 e. The van der Waals surface area contributed by atoms with Crippen molar-refractivity contribution >= 4 is 5.91 Å². The van der Waals surface area contributed by atoms with Gasteiger partial charge in [0.25, 0.3) is 0 Å². The lowest BCUT2D eigenvalue weighted by molar-refractivity contribution is -0.125. The smallest absolute Gasteiger partial charge is 0.223 e. The maximum atomic E-state index is 11.6. The predicted molar refractivity (Wildman–Crippen MR) is 51.3 cm³/mol. The number of aliphatic hydroxyl groups is 1. The molecule has 1 fully saturated rings. The molecule has 0 aliphatic heterocycles. The lowest BCUT2D eigenvalue weighted by Gasteiger charge is -2.16. The van der Waals surface area contributed by atoms with Gasteiger partial charge in [-0.3, -0.25) is 4.79 Å². The second-order valence-corrected chi connectivity index (χ2v) is 3.78. The molecule has 0 aromatic heterocycles. The molecule has 0 heterocycles. The Morgan fingerprint density at radius 2 is 2.15 bits per heavy atom. The first kappa shape index (κ1) is 10.5. The van der Waals surface area contributed by atoms with E-state index in [0.29, 0.717) is 0 Å². The first-order valence-electron chi connectivity index (χ1n) is 5.19. The third-order valence-electron chi connectivity index (χ3n) is 2.79. The molecule has 76 valence electrons. The molecule has 1 rings (SSSR count). The molecule has 0 aromatic carbocycles. The zero-order valence-electron chi connectivity index (χ0n) is 8.25. The molecule has 13 heavy (non-hydrogen) atoms. The Kier molecular flexibility index (Phi) is 4.22. The number of aliphatic hydroxyl groups excluding tert-OH is 1. The third kappa shape index (κ3) is 2.99. The van der Waals surface area contributed by atoms with E-state index >= 15 is 0 Å². The second kappa shape index (κ2) is 5.22. The van der Waals surface area contributed by atoms with E-state index in [-0.39, 0.29) is 24.5 Å². The molecule has 1 aliphatic rings. The summed E-state index contributed by atoms with van der Waals surface area (Å²) < 4.78 is 0. The minimum atomic E-state index is -0.0481. The molecule has 3 heteroatoms. The summed E-state index contributed by atoms with van der Waals surface area (Å²) in [6, 6.07) is -0.0481. The fourth-order valence-electron chi connectivity index (χ4n) is 1.78. The molecule has 2 N–H and O–H groups in total. The van der Waals surface area contributed by atoms with E-state index in [1.807, 2.05) is 6.92 Å². The van der Waals surface area contributed by atoms with Crippen molar-refractivity contribution in [3.05, 3.63) is 0 Å². The van der Waals surface area contributed by atoms with Crippen molar-refractivity contribution in [3.8, 4) is 0 Å². The van der Waals surface area contributed by atoms with Crippen LogP contribution in [0.5, 0.6) is 0 Å². The van der Waals surface area contributed by atoms with Crippen molar-refractivity contribution in [1.82, 2.24) is 5.32 Å². The molecule has 0 spiro atoms. The van der Waals surface area contributed by atoms with Crippen LogP contribution >= 0.6 is 0 Å². The van der Waals surface area contributed by atoms with Crippen molar-refractivity contribution < 1.29 is 9.90 Å². The molecule has 0 radical (unpaired) electrons. The molecular weight excluding hydrogens is 166 g/mol. The normalized spacial score (nSPS) is 20.2. The van der Waals surface area contributed by atoms with E-state index in [9.17, 15) is 4.79 Å². The van der Waals surface area contributed by atoms with E-state index in [1.165, 1.54) is 12.8 Å². The Hall–Kier alpha value is -0.570. The van der Waals surface area contributed by atoms with E-state index in [1.54, 1.807) is 0 Å². The van der Waals surface area contributed by atoms with Gasteiger partial charge in [-0.15, -0.1) is 0 Å². The highest BCUT2D eigenvalue weighted by Gasteiger charge is 2.23. The van der Waals surface area contributed by atoms with E-state index in [2.05, 4.69) is 5.32 Å². The predicted octanol–water partition coefficient (Wildman–Crippen LogP) is 1.06. The average Bonchev–Trinajstić information content (AvgIpc) is 2.66. The molecule has 1 atom stereocenters. The van der Waals surface area contributed by atoms with Crippen molar-refractivity contribution in [2.75, 3.05) is 6.61 Å². The molecule has 0 saturated heterocycles. The van der Waals surface area contributed by atoms with Gasteiger partial charge < -0.3 is 10.4 Å². The minimum absolute atomic E-state index is 0.0481. The van der Waals surface area contributed by atoms with Crippen molar-refractivity contribution in [2.45, 2.75) is 45.1 Å². The van der Waals surface area contributed by atoms with Gasteiger partial charge in [-0.25, -0.2) is 0 Å². The Bertz CT molecular complexity index is 160. The van der Waals surface area contributed by atoms with Crippen LogP contribution in [-0.2, 0) is 4.79 Å². The largest absolute Gasteiger partial charge is 0.394 e. The van der Waals surface area contributed by atoms with Gasteiger partial charge in [0.1, 0.15) is 0 Å². The van der Waals surface area contributed by atoms with Gasteiger partial charge in [-0.05, 0) is 19.3 Å². The number of rotatable bonds is 4. The Morgan fingerprint density at radius 3 is 2.62 bits per heavy atom. The number of carbonyl (C=O) groups excluding carboxylic acids is 1. The van der Waals surface area contributed by atoms with Gasteiger partial charge in [-0.2, -0.15) is 0 Å². The van der Waals surface area contributed by atoms with Gasteiger partial charge in [0.15, 0.2) is 0 Å². The highest BCUT2D eigenvalue weighted by atomic mass is 16.3. The molecule has 1 aliphatic carbocycles. The van der Waals surface area contributed by atoms with Crippen LogP contribution in [0.15, 0.2) is 0 Å². The number of amides is 1. The summed E-state index contributed by atoms with van der Waals surface area (Å²) in [6.07, 6.45) is 5.19. The molecule has 3 nitrogen and oxygen atoms in total. The molecule has 1 saturated carbocycles. The van der Waals surface area contributed by atoms with Crippen LogP contribution < -0.4 is 5.32 Å². The van der Waals surface area contributed by atoms with Crippen LogP contribution in [0.3, 0.4) is 0 Å². The molecular formula is C10H19NO2. The molecule has 0 bridgehead atoms. The van der Waals surface area contributed by atoms with E-state index in [0.717, 1.165) is 19.3 Å². The first-order valence-corrected chi connectivity index (χ1v) is 5.19. The summed E-state index contributed by atoms with van der Waals surface area (Å²) in [7, 11) is 0. The Balaban J connectivity index is 2.30. The maximum Gasteiger partial charge on any atom is 0.223 e. The SMILES string of the molecule is CC[C@@H](CO)NC(=O)C1CCCC1. The molecule has 1 amide bonds. The average molecular weight is 185 g/mol. The van der Waals surface area contributed by atoms with Crippen molar-refractivity contribution in [1.29, 1.82) is 0 Å². The Morgan fingerprint density at radius 1 is 1.54 bits per heavy atom. The van der Waals surface area contributed by atoms with Crippen molar-refractivity contribution in [2.24, 2.45) is 5.92 Å². The first-order chi connectivity index (χ1) is 6.27. The number of hydrogen-bond acceptors (Lipinski definition) is 2. The summed E-state index contributed by atoms with van der Waals surface area (Å²) in [4.78, 5) is 11.6. The number of nitrogens with one attached hydrogen (secondary N) is 1.